The monoisotopic (exact) mass is 419 g/mol. The smallest absolute Gasteiger partial charge is 0.251 e. The number of amides is 2. The molecule has 160 valence electrons. The van der Waals surface area contributed by atoms with Crippen LogP contribution in [0.15, 0.2) is 72.8 Å². The molecule has 3 rings (SSSR count). The molecule has 2 amide bonds. The van der Waals surface area contributed by atoms with Crippen LogP contribution in [0, 0.1) is 0 Å². The first-order chi connectivity index (χ1) is 15.1. The van der Waals surface area contributed by atoms with E-state index >= 15 is 0 Å². The third kappa shape index (κ3) is 6.24. The molecule has 0 saturated heterocycles. The Morgan fingerprint density at radius 3 is 2.29 bits per heavy atom. The molecule has 0 aliphatic rings. The first kappa shape index (κ1) is 21.7. The van der Waals surface area contributed by atoms with E-state index in [0.717, 1.165) is 5.56 Å². The number of hydrogen-bond donors (Lipinski definition) is 3. The van der Waals surface area contributed by atoms with E-state index < -0.39 is 0 Å². The number of carbonyl (C=O) groups is 2. The zero-order valence-electron chi connectivity index (χ0n) is 17.5. The average molecular weight is 419 g/mol. The molecule has 7 heteroatoms. The molecule has 0 heterocycles. The van der Waals surface area contributed by atoms with Gasteiger partial charge in [-0.25, -0.2) is 0 Å². The standard InChI is InChI=1S/C24H25N3O4/c1-30-20-12-13-22(31-2)21(14-20)25-16-23(28)27-19-10-8-18(9-11-19)24(29)26-15-17-6-4-3-5-7-17/h3-14,25H,15-16H2,1-2H3,(H,26,29)(H,27,28). The second-order valence-corrected chi connectivity index (χ2v) is 6.71. The van der Waals surface area contributed by atoms with Gasteiger partial charge in [0.05, 0.1) is 26.5 Å². The Bertz CT molecular complexity index is 1020. The molecule has 0 bridgehead atoms. The van der Waals surface area contributed by atoms with Crippen LogP contribution in [-0.4, -0.2) is 32.6 Å². The van der Waals surface area contributed by atoms with E-state index in [1.165, 1.54) is 0 Å². The number of nitrogens with one attached hydrogen (secondary N) is 3. The Hall–Kier alpha value is -4.00. The minimum Gasteiger partial charge on any atom is -0.497 e. The number of benzene rings is 3. The zero-order valence-corrected chi connectivity index (χ0v) is 17.5. The minimum atomic E-state index is -0.230. The lowest BCUT2D eigenvalue weighted by molar-refractivity contribution is -0.114. The van der Waals surface area contributed by atoms with Gasteiger partial charge in [-0.15, -0.1) is 0 Å². The molecule has 3 aromatic rings. The summed E-state index contributed by atoms with van der Waals surface area (Å²) in [7, 11) is 3.13. The summed E-state index contributed by atoms with van der Waals surface area (Å²) in [6.45, 7) is 0.500. The molecule has 0 saturated carbocycles. The number of methoxy groups -OCH3 is 2. The maximum Gasteiger partial charge on any atom is 0.251 e. The molecule has 0 fully saturated rings. The number of rotatable bonds is 9. The van der Waals surface area contributed by atoms with E-state index in [1.807, 2.05) is 30.3 Å². The van der Waals surface area contributed by atoms with E-state index in [-0.39, 0.29) is 18.4 Å². The summed E-state index contributed by atoms with van der Waals surface area (Å²) in [5, 5.41) is 8.71. The van der Waals surface area contributed by atoms with Gasteiger partial charge in [-0.3, -0.25) is 9.59 Å². The SMILES string of the molecule is COc1ccc(OC)c(NCC(=O)Nc2ccc(C(=O)NCc3ccccc3)cc2)c1. The van der Waals surface area contributed by atoms with Crippen LogP contribution in [0.1, 0.15) is 15.9 Å². The predicted molar refractivity (Wildman–Crippen MR) is 121 cm³/mol. The van der Waals surface area contributed by atoms with Crippen molar-refractivity contribution in [3.63, 3.8) is 0 Å². The Morgan fingerprint density at radius 1 is 0.871 bits per heavy atom. The molecule has 0 unspecified atom stereocenters. The van der Waals surface area contributed by atoms with Crippen LogP contribution in [0.4, 0.5) is 11.4 Å². The topological polar surface area (TPSA) is 88.7 Å². The number of anilines is 2. The van der Waals surface area contributed by atoms with Crippen molar-refractivity contribution >= 4 is 23.2 Å². The summed E-state index contributed by atoms with van der Waals surface area (Å²) in [6.07, 6.45) is 0. The third-order valence-electron chi connectivity index (χ3n) is 4.57. The number of carbonyl (C=O) groups excluding carboxylic acids is 2. The lowest BCUT2D eigenvalue weighted by atomic mass is 10.1. The molecule has 0 aliphatic carbocycles. The Kier molecular flexibility index (Phi) is 7.48. The highest BCUT2D eigenvalue weighted by atomic mass is 16.5. The minimum absolute atomic E-state index is 0.0445. The Balaban J connectivity index is 1.51. The Morgan fingerprint density at radius 2 is 1.61 bits per heavy atom. The molecule has 31 heavy (non-hydrogen) atoms. The van der Waals surface area contributed by atoms with Crippen LogP contribution >= 0.6 is 0 Å². The summed E-state index contributed by atoms with van der Waals surface area (Å²) >= 11 is 0. The number of ether oxygens (including phenoxy) is 2. The second kappa shape index (κ2) is 10.7. The van der Waals surface area contributed by atoms with Gasteiger partial charge in [-0.2, -0.15) is 0 Å². The molecule has 3 aromatic carbocycles. The predicted octanol–water partition coefficient (Wildman–Crippen LogP) is 3.68. The summed E-state index contributed by atoms with van der Waals surface area (Å²) in [5.74, 6) is 0.865. The van der Waals surface area contributed by atoms with Crippen LogP contribution in [0.5, 0.6) is 11.5 Å². The molecule has 0 atom stereocenters. The van der Waals surface area contributed by atoms with Gasteiger partial charge in [0.2, 0.25) is 5.91 Å². The van der Waals surface area contributed by atoms with Gasteiger partial charge in [0.25, 0.3) is 5.91 Å². The Labute approximate surface area is 181 Å². The van der Waals surface area contributed by atoms with Crippen LogP contribution in [0.25, 0.3) is 0 Å². The van der Waals surface area contributed by atoms with Crippen molar-refractivity contribution in [1.82, 2.24) is 5.32 Å². The largest absolute Gasteiger partial charge is 0.497 e. The second-order valence-electron chi connectivity index (χ2n) is 6.71. The summed E-state index contributed by atoms with van der Waals surface area (Å²) in [4.78, 5) is 24.6. The highest BCUT2D eigenvalue weighted by molar-refractivity contribution is 5.96. The third-order valence-corrected chi connectivity index (χ3v) is 4.57. The van der Waals surface area contributed by atoms with Crippen molar-refractivity contribution in [2.45, 2.75) is 6.54 Å². The highest BCUT2D eigenvalue weighted by Gasteiger charge is 2.09. The van der Waals surface area contributed by atoms with Crippen molar-refractivity contribution in [3.05, 3.63) is 83.9 Å². The molecular weight excluding hydrogens is 394 g/mol. The highest BCUT2D eigenvalue weighted by Crippen LogP contribution is 2.28. The normalized spacial score (nSPS) is 10.1. The van der Waals surface area contributed by atoms with Crippen molar-refractivity contribution in [1.29, 1.82) is 0 Å². The van der Waals surface area contributed by atoms with Gasteiger partial charge in [0.15, 0.2) is 0 Å². The van der Waals surface area contributed by atoms with Crippen molar-refractivity contribution in [2.24, 2.45) is 0 Å². The van der Waals surface area contributed by atoms with Crippen LogP contribution in [0.3, 0.4) is 0 Å². The molecule has 0 radical (unpaired) electrons. The lowest BCUT2D eigenvalue weighted by Gasteiger charge is -2.13. The van der Waals surface area contributed by atoms with E-state index in [4.69, 9.17) is 9.47 Å². The first-order valence-electron chi connectivity index (χ1n) is 9.77. The number of hydrogen-bond acceptors (Lipinski definition) is 5. The summed E-state index contributed by atoms with van der Waals surface area (Å²) in [6, 6.07) is 21.7. The van der Waals surface area contributed by atoms with Crippen molar-refractivity contribution in [3.8, 4) is 11.5 Å². The molecule has 3 N–H and O–H groups in total. The van der Waals surface area contributed by atoms with Gasteiger partial charge in [-0.05, 0) is 42.0 Å². The van der Waals surface area contributed by atoms with Gasteiger partial charge in [0.1, 0.15) is 11.5 Å². The van der Waals surface area contributed by atoms with E-state index in [0.29, 0.717) is 35.0 Å². The summed E-state index contributed by atoms with van der Waals surface area (Å²) < 4.78 is 10.5. The van der Waals surface area contributed by atoms with E-state index in [1.54, 1.807) is 56.7 Å². The molecule has 0 aliphatic heterocycles. The van der Waals surface area contributed by atoms with Crippen molar-refractivity contribution < 1.29 is 19.1 Å². The maximum absolute atomic E-state index is 12.3. The molecular formula is C24H25N3O4. The fourth-order valence-corrected chi connectivity index (χ4v) is 2.92. The fraction of sp³-hybridized carbons (Fsp3) is 0.167. The van der Waals surface area contributed by atoms with Crippen molar-refractivity contribution in [2.75, 3.05) is 31.4 Å². The van der Waals surface area contributed by atoms with Crippen LogP contribution in [-0.2, 0) is 11.3 Å². The van der Waals surface area contributed by atoms with Crippen LogP contribution in [0.2, 0.25) is 0 Å². The molecule has 0 spiro atoms. The molecule has 0 aromatic heterocycles. The maximum atomic E-state index is 12.3. The van der Waals surface area contributed by atoms with E-state index in [2.05, 4.69) is 16.0 Å². The average Bonchev–Trinajstić information content (AvgIpc) is 2.82. The lowest BCUT2D eigenvalue weighted by Crippen LogP contribution is -2.23. The quantitative estimate of drug-likeness (QED) is 0.492. The van der Waals surface area contributed by atoms with Gasteiger partial charge in [0, 0.05) is 23.9 Å². The fourth-order valence-electron chi connectivity index (χ4n) is 2.92. The van der Waals surface area contributed by atoms with Crippen LogP contribution < -0.4 is 25.4 Å². The summed E-state index contributed by atoms with van der Waals surface area (Å²) in [5.41, 5.74) is 2.81. The van der Waals surface area contributed by atoms with Gasteiger partial charge < -0.3 is 25.4 Å². The van der Waals surface area contributed by atoms with Gasteiger partial charge in [-0.1, -0.05) is 30.3 Å². The first-order valence-corrected chi connectivity index (χ1v) is 9.77. The molecule has 7 nitrogen and oxygen atoms in total. The van der Waals surface area contributed by atoms with Gasteiger partial charge >= 0.3 is 0 Å². The zero-order chi connectivity index (χ0) is 22.1. The van der Waals surface area contributed by atoms with E-state index in [9.17, 15) is 9.59 Å².